The number of quaternary nitrogens is 1. The van der Waals surface area contributed by atoms with E-state index >= 15 is 0 Å². The quantitative estimate of drug-likeness (QED) is 0.397. The molecule has 0 heterocycles. The molecule has 1 aliphatic carbocycles. The number of carbonyl (C=O) groups is 1. The topological polar surface area (TPSA) is 69.6 Å². The van der Waals surface area contributed by atoms with E-state index in [0.717, 1.165) is 49.6 Å². The van der Waals surface area contributed by atoms with Gasteiger partial charge in [-0.05, 0) is 48.9 Å². The van der Waals surface area contributed by atoms with Crippen LogP contribution in [-0.4, -0.2) is 66.0 Å². The Hall–Kier alpha value is -0.650. The predicted molar refractivity (Wildman–Crippen MR) is 130 cm³/mol. The number of nitrogens with zero attached hydrogens (tertiary/aromatic N) is 1. The van der Waals surface area contributed by atoms with E-state index in [2.05, 4.69) is 54.2 Å². The van der Waals surface area contributed by atoms with Gasteiger partial charge in [0, 0.05) is 12.8 Å². The van der Waals surface area contributed by atoms with E-state index in [0.29, 0.717) is 18.3 Å². The van der Waals surface area contributed by atoms with Crippen LogP contribution < -0.4 is 5.32 Å². The van der Waals surface area contributed by atoms with E-state index in [1.807, 2.05) is 13.8 Å². The average molecular weight is 442 g/mol. The number of amides is 1. The maximum atomic E-state index is 13.0. The minimum atomic E-state index is -0.977. The molecule has 1 aliphatic rings. The second kappa shape index (κ2) is 12.0. The highest BCUT2D eigenvalue weighted by atomic mass is 16.3. The summed E-state index contributed by atoms with van der Waals surface area (Å²) in [5, 5.41) is 26.3. The molecule has 5 nitrogen and oxygen atoms in total. The van der Waals surface area contributed by atoms with Crippen molar-refractivity contribution in [3.8, 4) is 0 Å². The molecule has 184 valence electrons. The van der Waals surface area contributed by atoms with Crippen molar-refractivity contribution in [2.24, 2.45) is 29.6 Å². The van der Waals surface area contributed by atoms with Gasteiger partial charge in [0.1, 0.15) is 0 Å². The molecule has 0 aromatic rings. The molecule has 1 rings (SSSR count). The summed E-state index contributed by atoms with van der Waals surface area (Å²) in [5.74, 6) is 1.27. The highest BCUT2D eigenvalue weighted by Crippen LogP contribution is 2.45. The summed E-state index contributed by atoms with van der Waals surface area (Å²) in [6, 6.07) is 0. The summed E-state index contributed by atoms with van der Waals surface area (Å²) in [4.78, 5) is 13.0. The fourth-order valence-electron chi connectivity index (χ4n) is 5.24. The second-order valence-corrected chi connectivity index (χ2v) is 12.3. The summed E-state index contributed by atoms with van der Waals surface area (Å²) in [5.41, 5.74) is -0.977. The van der Waals surface area contributed by atoms with Crippen LogP contribution in [0.1, 0.15) is 86.5 Å². The summed E-state index contributed by atoms with van der Waals surface area (Å²) in [6.07, 6.45) is 4.61. The smallest absolute Gasteiger partial charge is 0.220 e. The van der Waals surface area contributed by atoms with E-state index in [4.69, 9.17) is 0 Å². The van der Waals surface area contributed by atoms with Crippen LogP contribution in [-0.2, 0) is 4.79 Å². The van der Waals surface area contributed by atoms with E-state index in [1.165, 1.54) is 0 Å². The van der Waals surface area contributed by atoms with Gasteiger partial charge >= 0.3 is 0 Å². The van der Waals surface area contributed by atoms with Crippen LogP contribution in [0.4, 0.5) is 0 Å². The van der Waals surface area contributed by atoms with E-state index in [-0.39, 0.29) is 23.7 Å². The van der Waals surface area contributed by atoms with Crippen molar-refractivity contribution >= 4 is 5.91 Å². The van der Waals surface area contributed by atoms with Gasteiger partial charge in [0.15, 0.2) is 0 Å². The first-order chi connectivity index (χ1) is 14.2. The van der Waals surface area contributed by atoms with Crippen LogP contribution in [0.2, 0.25) is 0 Å². The molecule has 1 amide bonds. The first kappa shape index (κ1) is 28.4. The average Bonchev–Trinajstić information content (AvgIpc) is 2.62. The van der Waals surface area contributed by atoms with E-state index < -0.39 is 17.7 Å². The summed E-state index contributed by atoms with van der Waals surface area (Å²) in [6.45, 7) is 13.8. The Bertz CT molecular complexity index is 515. The third kappa shape index (κ3) is 8.33. The number of aliphatic hydroxyl groups excluding tert-OH is 2. The lowest BCUT2D eigenvalue weighted by atomic mass is 9.60. The van der Waals surface area contributed by atoms with Gasteiger partial charge in [-0.15, -0.1) is 0 Å². The van der Waals surface area contributed by atoms with Crippen LogP contribution in [0.3, 0.4) is 0 Å². The van der Waals surface area contributed by atoms with Gasteiger partial charge in [0.25, 0.3) is 0 Å². The third-order valence-electron chi connectivity index (χ3n) is 7.25. The number of rotatable bonds is 12. The van der Waals surface area contributed by atoms with Crippen molar-refractivity contribution in [3.05, 3.63) is 0 Å². The molecule has 1 saturated carbocycles. The van der Waals surface area contributed by atoms with Crippen LogP contribution in [0.5, 0.6) is 0 Å². The predicted octanol–water partition coefficient (Wildman–Crippen LogP) is 4.21. The van der Waals surface area contributed by atoms with Crippen LogP contribution in [0, 0.1) is 29.6 Å². The normalized spacial score (nSPS) is 29.7. The van der Waals surface area contributed by atoms with Crippen LogP contribution in [0.15, 0.2) is 0 Å². The van der Waals surface area contributed by atoms with Crippen molar-refractivity contribution in [3.63, 3.8) is 0 Å². The minimum Gasteiger partial charge on any atom is -0.390 e. The number of hydrogen-bond acceptors (Lipinski definition) is 3. The zero-order valence-electron chi connectivity index (χ0n) is 21.9. The van der Waals surface area contributed by atoms with Gasteiger partial charge in [-0.3, -0.25) is 4.79 Å². The van der Waals surface area contributed by atoms with Crippen molar-refractivity contribution in [1.29, 1.82) is 0 Å². The molecule has 0 aromatic carbocycles. The summed E-state index contributed by atoms with van der Waals surface area (Å²) < 4.78 is 0.822. The highest BCUT2D eigenvalue weighted by molar-refractivity contribution is 5.77. The molecule has 0 aromatic heterocycles. The van der Waals surface area contributed by atoms with Gasteiger partial charge < -0.3 is 20.0 Å². The van der Waals surface area contributed by atoms with E-state index in [1.54, 1.807) is 0 Å². The SMILES string of the molecule is CC(C)CC[C@@H]1C[C@H](CCC(C)C)[C@H](O)C(NC(=O)CCC[N+](C)(C)C)(C(C)C)[C@@H]1O. The lowest BCUT2D eigenvalue weighted by Gasteiger charge is -2.55. The number of hydrogen-bond donors (Lipinski definition) is 3. The number of nitrogens with one attached hydrogen (secondary N) is 1. The fraction of sp³-hybridized carbons (Fsp3) is 0.962. The Kier molecular flexibility index (Phi) is 11.0. The van der Waals surface area contributed by atoms with Gasteiger partial charge in [-0.2, -0.15) is 0 Å². The Morgan fingerprint density at radius 3 is 1.74 bits per heavy atom. The third-order valence-corrected chi connectivity index (χ3v) is 7.25. The molecule has 1 unspecified atom stereocenters. The van der Waals surface area contributed by atoms with Gasteiger partial charge in [-0.1, -0.05) is 54.4 Å². The Morgan fingerprint density at radius 1 is 0.935 bits per heavy atom. The summed E-state index contributed by atoms with van der Waals surface area (Å²) >= 11 is 0. The monoisotopic (exact) mass is 441 g/mol. The molecule has 0 saturated heterocycles. The van der Waals surface area contributed by atoms with Gasteiger partial charge in [0.2, 0.25) is 5.91 Å². The minimum absolute atomic E-state index is 0.0487. The molecular weight excluding hydrogens is 388 g/mol. The molecule has 31 heavy (non-hydrogen) atoms. The largest absolute Gasteiger partial charge is 0.390 e. The molecular formula is C26H53N2O3+. The molecule has 5 atom stereocenters. The molecule has 0 aliphatic heterocycles. The Morgan fingerprint density at radius 2 is 1.39 bits per heavy atom. The number of carbonyl (C=O) groups excluding carboxylic acids is 1. The van der Waals surface area contributed by atoms with Crippen molar-refractivity contribution in [1.82, 2.24) is 5.32 Å². The van der Waals surface area contributed by atoms with Gasteiger partial charge in [-0.25, -0.2) is 0 Å². The van der Waals surface area contributed by atoms with Crippen LogP contribution in [0.25, 0.3) is 0 Å². The molecule has 0 bridgehead atoms. The first-order valence-corrected chi connectivity index (χ1v) is 12.7. The lowest BCUT2D eigenvalue weighted by molar-refractivity contribution is -0.870. The second-order valence-electron chi connectivity index (χ2n) is 12.3. The fourth-order valence-corrected chi connectivity index (χ4v) is 5.24. The standard InChI is InChI=1S/C26H52N2O3/c1-18(2)12-14-21-17-22(15-13-19(3)4)25(31)26(20(5)6,24(21)30)27-23(29)11-10-16-28(7,8)9/h18-22,24-25,30-31H,10-17H2,1-9H3/p+1/t21-,22+,24-,25+,26?. The molecule has 0 radical (unpaired) electrons. The van der Waals surface area contributed by atoms with Crippen molar-refractivity contribution in [2.75, 3.05) is 27.7 Å². The first-order valence-electron chi connectivity index (χ1n) is 12.7. The van der Waals surface area contributed by atoms with Crippen molar-refractivity contribution in [2.45, 2.75) is 104 Å². The summed E-state index contributed by atoms with van der Waals surface area (Å²) in [7, 11) is 6.38. The van der Waals surface area contributed by atoms with E-state index in [9.17, 15) is 15.0 Å². The zero-order valence-corrected chi connectivity index (χ0v) is 21.9. The Balaban J connectivity index is 3.11. The molecule has 0 spiro atoms. The zero-order chi connectivity index (χ0) is 24.0. The number of aliphatic hydroxyl groups is 2. The molecule has 5 heteroatoms. The molecule has 1 fully saturated rings. The maximum absolute atomic E-state index is 13.0. The Labute approximate surface area is 192 Å². The van der Waals surface area contributed by atoms with Crippen molar-refractivity contribution < 1.29 is 19.5 Å². The highest BCUT2D eigenvalue weighted by Gasteiger charge is 2.56. The van der Waals surface area contributed by atoms with Crippen LogP contribution >= 0.6 is 0 Å². The lowest BCUT2D eigenvalue weighted by Crippen LogP contribution is -2.72. The maximum Gasteiger partial charge on any atom is 0.220 e. The van der Waals surface area contributed by atoms with Gasteiger partial charge in [0.05, 0.1) is 45.4 Å². The molecule has 3 N–H and O–H groups in total.